The number of benzene rings is 1. The van der Waals surface area contributed by atoms with E-state index in [2.05, 4.69) is 30.9 Å². The van der Waals surface area contributed by atoms with Crippen LogP contribution in [0.4, 0.5) is 11.6 Å². The highest BCUT2D eigenvalue weighted by atomic mass is 35.5. The predicted molar refractivity (Wildman–Crippen MR) is 84.6 cm³/mol. The summed E-state index contributed by atoms with van der Waals surface area (Å²) in [5.74, 6) is 1.98. The first-order valence-electron chi connectivity index (χ1n) is 6.59. The number of hydrogen-bond donors (Lipinski definition) is 0. The molecule has 0 aliphatic carbocycles. The number of anilines is 2. The van der Waals surface area contributed by atoms with Gasteiger partial charge < -0.3 is 9.80 Å². The van der Waals surface area contributed by atoms with Gasteiger partial charge in [0.1, 0.15) is 11.6 Å². The number of aromatic nitrogens is 1. The second-order valence-corrected chi connectivity index (χ2v) is 5.17. The molecule has 4 heteroatoms. The summed E-state index contributed by atoms with van der Waals surface area (Å²) in [4.78, 5) is 9.06. The summed E-state index contributed by atoms with van der Waals surface area (Å²) in [5.41, 5.74) is 0. The van der Waals surface area contributed by atoms with Crippen LogP contribution in [0, 0.1) is 0 Å². The smallest absolute Gasteiger partial charge is 0.138 e. The van der Waals surface area contributed by atoms with Crippen LogP contribution in [0.3, 0.4) is 0 Å². The molecule has 0 bridgehead atoms. The Balaban J connectivity index is 2.67. The first-order valence-corrected chi connectivity index (χ1v) is 6.97. The van der Waals surface area contributed by atoms with Gasteiger partial charge in [-0.3, -0.25) is 0 Å². The third-order valence-corrected chi connectivity index (χ3v) is 3.51. The van der Waals surface area contributed by atoms with E-state index in [0.717, 1.165) is 35.1 Å². The Morgan fingerprint density at radius 1 is 1.11 bits per heavy atom. The summed E-state index contributed by atoms with van der Waals surface area (Å²) in [6, 6.07) is 8.09. The molecular formula is C15H20ClN3. The number of pyridine rings is 1. The lowest BCUT2D eigenvalue weighted by molar-refractivity contribution is 0.845. The summed E-state index contributed by atoms with van der Waals surface area (Å²) < 4.78 is 0. The lowest BCUT2D eigenvalue weighted by Crippen LogP contribution is -2.24. The number of halogens is 1. The van der Waals surface area contributed by atoms with Gasteiger partial charge in [0.05, 0.1) is 0 Å². The maximum absolute atomic E-state index is 6.10. The second-order valence-electron chi connectivity index (χ2n) is 4.74. The standard InChI is InChI=1S/C15H20ClN3/c1-5-19(6-2)14-9-11-7-8-12(16)10-13(11)15(17-14)18(3)4/h7-10H,5-6H2,1-4H3. The van der Waals surface area contributed by atoms with Crippen molar-refractivity contribution in [3.63, 3.8) is 0 Å². The van der Waals surface area contributed by atoms with Crippen molar-refractivity contribution in [1.82, 2.24) is 4.98 Å². The quantitative estimate of drug-likeness (QED) is 0.847. The van der Waals surface area contributed by atoms with Crippen LogP contribution in [0.1, 0.15) is 13.8 Å². The molecule has 0 atom stereocenters. The Kier molecular flexibility index (Phi) is 4.15. The Morgan fingerprint density at radius 3 is 2.37 bits per heavy atom. The molecule has 0 radical (unpaired) electrons. The monoisotopic (exact) mass is 277 g/mol. The third-order valence-electron chi connectivity index (χ3n) is 3.27. The van der Waals surface area contributed by atoms with Crippen molar-refractivity contribution in [2.75, 3.05) is 37.0 Å². The van der Waals surface area contributed by atoms with Gasteiger partial charge in [0, 0.05) is 37.6 Å². The Bertz CT molecular complexity index is 577. The first-order chi connectivity index (χ1) is 9.06. The van der Waals surface area contributed by atoms with Crippen LogP contribution >= 0.6 is 11.6 Å². The summed E-state index contributed by atoms with van der Waals surface area (Å²) in [6.45, 7) is 6.20. The van der Waals surface area contributed by atoms with E-state index in [4.69, 9.17) is 16.6 Å². The fourth-order valence-corrected chi connectivity index (χ4v) is 2.41. The molecular weight excluding hydrogens is 258 g/mol. The van der Waals surface area contributed by atoms with Crippen LogP contribution in [0.2, 0.25) is 5.02 Å². The Hall–Kier alpha value is -1.48. The maximum Gasteiger partial charge on any atom is 0.138 e. The van der Waals surface area contributed by atoms with E-state index in [-0.39, 0.29) is 0 Å². The van der Waals surface area contributed by atoms with Gasteiger partial charge in [-0.05, 0) is 37.4 Å². The lowest BCUT2D eigenvalue weighted by Gasteiger charge is -2.23. The van der Waals surface area contributed by atoms with Crippen molar-refractivity contribution in [1.29, 1.82) is 0 Å². The highest BCUT2D eigenvalue weighted by Gasteiger charge is 2.11. The third kappa shape index (κ3) is 2.76. The fourth-order valence-electron chi connectivity index (χ4n) is 2.24. The van der Waals surface area contributed by atoms with Gasteiger partial charge in [0.25, 0.3) is 0 Å². The largest absolute Gasteiger partial charge is 0.362 e. The van der Waals surface area contributed by atoms with Crippen LogP contribution < -0.4 is 9.80 Å². The minimum Gasteiger partial charge on any atom is -0.362 e. The van der Waals surface area contributed by atoms with Crippen LogP contribution in [-0.4, -0.2) is 32.2 Å². The van der Waals surface area contributed by atoms with E-state index < -0.39 is 0 Å². The topological polar surface area (TPSA) is 19.4 Å². The molecule has 0 aliphatic rings. The first kappa shape index (κ1) is 13.9. The second kappa shape index (κ2) is 5.66. The van der Waals surface area contributed by atoms with Crippen LogP contribution in [-0.2, 0) is 0 Å². The normalized spacial score (nSPS) is 10.8. The van der Waals surface area contributed by atoms with E-state index in [1.165, 1.54) is 5.39 Å². The van der Waals surface area contributed by atoms with E-state index in [1.54, 1.807) is 0 Å². The van der Waals surface area contributed by atoms with Crippen LogP contribution in [0.15, 0.2) is 24.3 Å². The van der Waals surface area contributed by atoms with Gasteiger partial charge in [0.2, 0.25) is 0 Å². The molecule has 0 N–H and O–H groups in total. The zero-order valence-corrected chi connectivity index (χ0v) is 12.7. The molecule has 1 aromatic heterocycles. The van der Waals surface area contributed by atoms with Crippen LogP contribution in [0.25, 0.3) is 10.8 Å². The molecule has 0 saturated heterocycles. The number of nitrogens with zero attached hydrogens (tertiary/aromatic N) is 3. The predicted octanol–water partition coefficient (Wildman–Crippen LogP) is 3.80. The van der Waals surface area contributed by atoms with Gasteiger partial charge in [-0.1, -0.05) is 17.7 Å². The molecule has 1 aromatic carbocycles. The summed E-state index contributed by atoms with van der Waals surface area (Å²) >= 11 is 6.10. The molecule has 1 heterocycles. The van der Waals surface area contributed by atoms with E-state index in [1.807, 2.05) is 31.1 Å². The average Bonchev–Trinajstić information content (AvgIpc) is 2.39. The Morgan fingerprint density at radius 2 is 1.79 bits per heavy atom. The zero-order valence-electron chi connectivity index (χ0n) is 11.9. The molecule has 0 aliphatic heterocycles. The highest BCUT2D eigenvalue weighted by Crippen LogP contribution is 2.30. The lowest BCUT2D eigenvalue weighted by atomic mass is 10.1. The highest BCUT2D eigenvalue weighted by molar-refractivity contribution is 6.31. The molecule has 0 amide bonds. The summed E-state index contributed by atoms with van der Waals surface area (Å²) in [5, 5.41) is 3.01. The van der Waals surface area contributed by atoms with Gasteiger partial charge in [-0.15, -0.1) is 0 Å². The van der Waals surface area contributed by atoms with E-state index >= 15 is 0 Å². The number of rotatable bonds is 4. The van der Waals surface area contributed by atoms with Crippen LogP contribution in [0.5, 0.6) is 0 Å². The van der Waals surface area contributed by atoms with E-state index in [9.17, 15) is 0 Å². The van der Waals surface area contributed by atoms with Crippen molar-refractivity contribution in [2.24, 2.45) is 0 Å². The van der Waals surface area contributed by atoms with Gasteiger partial charge >= 0.3 is 0 Å². The Labute approximate surface area is 119 Å². The molecule has 0 spiro atoms. The minimum absolute atomic E-state index is 0.744. The van der Waals surface area contributed by atoms with Crippen molar-refractivity contribution in [3.05, 3.63) is 29.3 Å². The zero-order chi connectivity index (χ0) is 14.0. The fraction of sp³-hybridized carbons (Fsp3) is 0.400. The molecule has 0 unspecified atom stereocenters. The van der Waals surface area contributed by atoms with Gasteiger partial charge in [-0.2, -0.15) is 0 Å². The van der Waals surface area contributed by atoms with Crippen molar-refractivity contribution in [2.45, 2.75) is 13.8 Å². The SMILES string of the molecule is CCN(CC)c1cc2ccc(Cl)cc2c(N(C)C)n1. The minimum atomic E-state index is 0.744. The molecule has 102 valence electrons. The summed E-state index contributed by atoms with van der Waals surface area (Å²) in [7, 11) is 4.02. The van der Waals surface area contributed by atoms with Crippen molar-refractivity contribution < 1.29 is 0 Å². The molecule has 3 nitrogen and oxygen atoms in total. The average molecular weight is 278 g/mol. The number of fused-ring (bicyclic) bond motifs is 1. The molecule has 2 rings (SSSR count). The maximum atomic E-state index is 6.10. The summed E-state index contributed by atoms with van der Waals surface area (Å²) in [6.07, 6.45) is 0. The van der Waals surface area contributed by atoms with Gasteiger partial charge in [0.15, 0.2) is 0 Å². The van der Waals surface area contributed by atoms with Crippen molar-refractivity contribution in [3.8, 4) is 0 Å². The molecule has 19 heavy (non-hydrogen) atoms. The van der Waals surface area contributed by atoms with E-state index in [0.29, 0.717) is 0 Å². The molecule has 0 fully saturated rings. The number of hydrogen-bond acceptors (Lipinski definition) is 3. The molecule has 0 saturated carbocycles. The van der Waals surface area contributed by atoms with Gasteiger partial charge in [-0.25, -0.2) is 4.98 Å². The van der Waals surface area contributed by atoms with Crippen molar-refractivity contribution >= 4 is 34.0 Å². The molecule has 2 aromatic rings.